The van der Waals surface area contributed by atoms with Crippen molar-refractivity contribution in [1.82, 2.24) is 4.57 Å². The number of benzene rings is 1. The summed E-state index contributed by atoms with van der Waals surface area (Å²) in [5.41, 5.74) is 2.40. The van der Waals surface area contributed by atoms with Crippen LogP contribution in [0.4, 0.5) is 0 Å². The highest BCUT2D eigenvalue weighted by Crippen LogP contribution is 2.28. The molecular formula is C17H25Cl2IN2. The molecule has 5 heteroatoms. The molecule has 0 atom stereocenters. The van der Waals surface area contributed by atoms with Crippen molar-refractivity contribution in [2.45, 2.75) is 66.0 Å². The molecule has 1 heterocycles. The number of hydrogen-bond donors (Lipinski definition) is 0. The average Bonchev–Trinajstić information content (AvgIpc) is 2.70. The highest BCUT2D eigenvalue weighted by atomic mass is 127. The van der Waals surface area contributed by atoms with Crippen molar-refractivity contribution < 1.29 is 28.5 Å². The fourth-order valence-corrected chi connectivity index (χ4v) is 3.17. The fraction of sp³-hybridized carbons (Fsp3) is 0.588. The first kappa shape index (κ1) is 20.0. The van der Waals surface area contributed by atoms with Crippen LogP contribution >= 0.6 is 23.2 Å². The quantitative estimate of drug-likeness (QED) is 0.345. The maximum atomic E-state index is 6.23. The van der Waals surface area contributed by atoms with Crippen LogP contribution in [-0.2, 0) is 13.1 Å². The monoisotopic (exact) mass is 454 g/mol. The number of rotatable bonds is 7. The van der Waals surface area contributed by atoms with E-state index in [2.05, 4.69) is 29.9 Å². The van der Waals surface area contributed by atoms with E-state index >= 15 is 0 Å². The normalized spacial score (nSPS) is 11.0. The van der Waals surface area contributed by atoms with Crippen LogP contribution in [0.1, 0.15) is 51.8 Å². The third-order valence-electron chi connectivity index (χ3n) is 4.10. The van der Waals surface area contributed by atoms with Gasteiger partial charge in [0.05, 0.1) is 23.1 Å². The van der Waals surface area contributed by atoms with E-state index in [1.165, 1.54) is 49.0 Å². The number of nitrogens with zero attached hydrogens (tertiary/aromatic N) is 2. The molecule has 0 fully saturated rings. The minimum Gasteiger partial charge on any atom is -1.00 e. The lowest BCUT2D eigenvalue weighted by atomic mass is 10.2. The van der Waals surface area contributed by atoms with Crippen molar-refractivity contribution in [3.8, 4) is 0 Å². The smallest absolute Gasteiger partial charge is 0.254 e. The second kappa shape index (κ2) is 9.33. The molecule has 0 bridgehead atoms. The molecule has 0 aliphatic rings. The first-order valence-electron chi connectivity index (χ1n) is 7.97. The van der Waals surface area contributed by atoms with E-state index in [1.54, 1.807) is 0 Å². The Kier molecular flexibility index (Phi) is 8.50. The summed E-state index contributed by atoms with van der Waals surface area (Å²) in [4.78, 5) is 0. The van der Waals surface area contributed by atoms with Crippen molar-refractivity contribution in [2.24, 2.45) is 0 Å². The molecule has 0 unspecified atom stereocenters. The van der Waals surface area contributed by atoms with Crippen LogP contribution in [0.5, 0.6) is 0 Å². The maximum absolute atomic E-state index is 6.23. The number of fused-ring (bicyclic) bond motifs is 1. The molecule has 124 valence electrons. The molecular weight excluding hydrogens is 430 g/mol. The molecule has 0 saturated heterocycles. The fourth-order valence-electron chi connectivity index (χ4n) is 2.85. The lowest BCUT2D eigenvalue weighted by Crippen LogP contribution is -3.00. The third kappa shape index (κ3) is 4.30. The Morgan fingerprint density at radius 1 is 1.00 bits per heavy atom. The van der Waals surface area contributed by atoms with Gasteiger partial charge >= 0.3 is 0 Å². The molecule has 2 aromatic rings. The largest absolute Gasteiger partial charge is 1.00 e. The van der Waals surface area contributed by atoms with Gasteiger partial charge in [-0.15, -0.1) is 0 Å². The molecule has 1 aromatic heterocycles. The summed E-state index contributed by atoms with van der Waals surface area (Å²) >= 11 is 12.5. The van der Waals surface area contributed by atoms with Gasteiger partial charge in [-0.25, -0.2) is 9.13 Å². The van der Waals surface area contributed by atoms with Crippen LogP contribution in [-0.4, -0.2) is 4.57 Å². The molecule has 0 saturated carbocycles. The highest BCUT2D eigenvalue weighted by molar-refractivity contribution is 6.42. The summed E-state index contributed by atoms with van der Waals surface area (Å²) in [6.45, 7) is 8.74. The van der Waals surface area contributed by atoms with Gasteiger partial charge < -0.3 is 24.0 Å². The Morgan fingerprint density at radius 2 is 1.64 bits per heavy atom. The Hall–Kier alpha value is -0.000000000000000111. The molecule has 2 nitrogen and oxygen atoms in total. The predicted octanol–water partition coefficient (Wildman–Crippen LogP) is 2.54. The highest BCUT2D eigenvalue weighted by Gasteiger charge is 2.22. The number of halogens is 3. The van der Waals surface area contributed by atoms with E-state index in [-0.39, 0.29) is 24.0 Å². The van der Waals surface area contributed by atoms with Crippen molar-refractivity contribution in [3.63, 3.8) is 0 Å². The predicted molar refractivity (Wildman–Crippen MR) is 91.3 cm³/mol. The van der Waals surface area contributed by atoms with Gasteiger partial charge in [0.15, 0.2) is 11.0 Å². The summed E-state index contributed by atoms with van der Waals surface area (Å²) < 4.78 is 4.77. The van der Waals surface area contributed by atoms with Gasteiger partial charge in [-0.1, -0.05) is 49.9 Å². The van der Waals surface area contributed by atoms with E-state index in [1.807, 2.05) is 12.1 Å². The zero-order chi connectivity index (χ0) is 15.4. The summed E-state index contributed by atoms with van der Waals surface area (Å²) in [5, 5.41) is 1.28. The Labute approximate surface area is 160 Å². The molecule has 0 spiro atoms. The van der Waals surface area contributed by atoms with Crippen molar-refractivity contribution >= 4 is 34.2 Å². The molecule has 0 radical (unpaired) electrons. The Bertz CT molecular complexity index is 623. The van der Waals surface area contributed by atoms with Crippen LogP contribution < -0.4 is 28.5 Å². The van der Waals surface area contributed by atoms with Gasteiger partial charge in [0.2, 0.25) is 0 Å². The maximum Gasteiger partial charge on any atom is 0.254 e. The van der Waals surface area contributed by atoms with Crippen LogP contribution in [0.2, 0.25) is 10.0 Å². The lowest BCUT2D eigenvalue weighted by molar-refractivity contribution is -0.678. The standard InChI is InChI=1S/C17H25Cl2N2.HI/c1-4-6-8-10-21-13(3)20(9-7-5-2)16-11-14(18)15(19)12-17(16)21;/h11-12H,4-10H2,1-3H3;1H/q+1;/p-1. The molecule has 1 aromatic carbocycles. The molecule has 2 rings (SSSR count). The topological polar surface area (TPSA) is 8.81 Å². The molecule has 0 aliphatic heterocycles. The Balaban J connectivity index is 0.00000242. The SMILES string of the molecule is CCCCC[n+]1c(C)n(CCCC)c2cc(Cl)c(Cl)cc21.[I-]. The molecule has 0 aliphatic carbocycles. The average molecular weight is 455 g/mol. The minimum absolute atomic E-state index is 0. The van der Waals surface area contributed by atoms with Crippen molar-refractivity contribution in [2.75, 3.05) is 0 Å². The van der Waals surface area contributed by atoms with Gasteiger partial charge in [0.25, 0.3) is 5.82 Å². The van der Waals surface area contributed by atoms with Gasteiger partial charge in [-0.05, 0) is 19.3 Å². The first-order chi connectivity index (χ1) is 10.1. The van der Waals surface area contributed by atoms with E-state index in [0.717, 1.165) is 13.1 Å². The summed E-state index contributed by atoms with van der Waals surface area (Å²) in [6, 6.07) is 4.03. The van der Waals surface area contributed by atoms with Crippen molar-refractivity contribution in [1.29, 1.82) is 0 Å². The number of imidazole rings is 1. The van der Waals surface area contributed by atoms with Gasteiger partial charge in [-0.2, -0.15) is 0 Å². The van der Waals surface area contributed by atoms with Crippen LogP contribution in [0.3, 0.4) is 0 Å². The first-order valence-corrected chi connectivity index (χ1v) is 8.73. The molecule has 22 heavy (non-hydrogen) atoms. The minimum atomic E-state index is 0. The number of aromatic nitrogens is 2. The second-order valence-electron chi connectivity index (χ2n) is 5.67. The zero-order valence-corrected chi connectivity index (χ0v) is 17.3. The van der Waals surface area contributed by atoms with Crippen molar-refractivity contribution in [3.05, 3.63) is 28.0 Å². The zero-order valence-electron chi connectivity index (χ0n) is 13.6. The van der Waals surface area contributed by atoms with Crippen LogP contribution in [0.25, 0.3) is 11.0 Å². The molecule has 0 amide bonds. The van der Waals surface area contributed by atoms with E-state index in [4.69, 9.17) is 23.2 Å². The molecule has 0 N–H and O–H groups in total. The second-order valence-corrected chi connectivity index (χ2v) is 6.48. The van der Waals surface area contributed by atoms with Crippen LogP contribution in [0, 0.1) is 6.92 Å². The number of hydrogen-bond acceptors (Lipinski definition) is 0. The van der Waals surface area contributed by atoms with Gasteiger partial charge in [0.1, 0.15) is 0 Å². The summed E-state index contributed by atoms with van der Waals surface area (Å²) in [5.74, 6) is 1.30. The number of unbranched alkanes of at least 4 members (excludes halogenated alkanes) is 3. The van der Waals surface area contributed by atoms with Gasteiger partial charge in [-0.3, -0.25) is 0 Å². The third-order valence-corrected chi connectivity index (χ3v) is 4.82. The summed E-state index contributed by atoms with van der Waals surface area (Å²) in [7, 11) is 0. The number of aryl methyl sites for hydroxylation is 2. The van der Waals surface area contributed by atoms with E-state index in [9.17, 15) is 0 Å². The van der Waals surface area contributed by atoms with E-state index in [0.29, 0.717) is 10.0 Å². The summed E-state index contributed by atoms with van der Waals surface area (Å²) in [6.07, 6.45) is 6.07. The van der Waals surface area contributed by atoms with Gasteiger partial charge in [0, 0.05) is 19.1 Å². The van der Waals surface area contributed by atoms with E-state index < -0.39 is 0 Å². The van der Waals surface area contributed by atoms with Crippen LogP contribution in [0.15, 0.2) is 12.1 Å². The lowest BCUT2D eigenvalue weighted by Gasteiger charge is -2.01. The Morgan fingerprint density at radius 3 is 2.27 bits per heavy atom.